The van der Waals surface area contributed by atoms with Gasteiger partial charge in [-0.2, -0.15) is 4.31 Å². The Morgan fingerprint density at radius 3 is 2.50 bits per heavy atom. The van der Waals surface area contributed by atoms with Crippen LogP contribution in [0.15, 0.2) is 35.4 Å². The fraction of sp³-hybridized carbons (Fsp3) is 0.333. The molecule has 0 bridgehead atoms. The lowest BCUT2D eigenvalue weighted by atomic mass is 10.0. The molecular weight excluding hydrogens is 300 g/mol. The summed E-state index contributed by atoms with van der Waals surface area (Å²) >= 11 is 0. The van der Waals surface area contributed by atoms with Crippen molar-refractivity contribution in [1.82, 2.24) is 14.3 Å². The van der Waals surface area contributed by atoms with Crippen LogP contribution in [0, 0.1) is 0 Å². The number of hydrogen-bond acceptors (Lipinski definition) is 5. The highest BCUT2D eigenvalue weighted by Crippen LogP contribution is 2.28. The number of nitrogens with two attached hydrogens (primary N) is 1. The fourth-order valence-electron chi connectivity index (χ4n) is 2.48. The number of sulfonamides is 1. The van der Waals surface area contributed by atoms with Crippen LogP contribution in [0.1, 0.15) is 36.6 Å². The average molecular weight is 318 g/mol. The third kappa shape index (κ3) is 2.57. The summed E-state index contributed by atoms with van der Waals surface area (Å²) in [5.41, 5.74) is 8.14. The van der Waals surface area contributed by atoms with Crippen LogP contribution in [0.25, 0.3) is 0 Å². The lowest BCUT2D eigenvalue weighted by Gasteiger charge is -2.16. The quantitative estimate of drug-likeness (QED) is 0.933. The van der Waals surface area contributed by atoms with E-state index in [1.54, 1.807) is 18.3 Å². The molecule has 7 heteroatoms. The molecule has 0 aliphatic carbocycles. The van der Waals surface area contributed by atoms with E-state index in [1.807, 2.05) is 12.1 Å². The Labute approximate surface area is 130 Å². The first-order chi connectivity index (χ1) is 10.4. The van der Waals surface area contributed by atoms with Gasteiger partial charge in [0.25, 0.3) is 0 Å². The SMILES string of the molecule is CC(C)c1ccc(S(=O)(=O)N2Cc3cnc(N)nc3C2)cc1. The fourth-order valence-corrected chi connectivity index (χ4v) is 3.86. The van der Waals surface area contributed by atoms with Gasteiger partial charge in [0.2, 0.25) is 16.0 Å². The maximum Gasteiger partial charge on any atom is 0.243 e. The number of fused-ring (bicyclic) bond motifs is 1. The van der Waals surface area contributed by atoms with Crippen LogP contribution in [0.2, 0.25) is 0 Å². The highest BCUT2D eigenvalue weighted by Gasteiger charge is 2.31. The number of nitrogen functional groups attached to an aromatic ring is 1. The molecular formula is C15H18N4O2S. The minimum Gasteiger partial charge on any atom is -0.368 e. The maximum atomic E-state index is 12.7. The topological polar surface area (TPSA) is 89.2 Å². The molecule has 0 saturated heterocycles. The number of aromatic nitrogens is 2. The molecule has 2 N–H and O–H groups in total. The van der Waals surface area contributed by atoms with E-state index < -0.39 is 10.0 Å². The van der Waals surface area contributed by atoms with Gasteiger partial charge in [0, 0.05) is 18.3 Å². The van der Waals surface area contributed by atoms with E-state index >= 15 is 0 Å². The summed E-state index contributed by atoms with van der Waals surface area (Å²) in [5, 5.41) is 0. The summed E-state index contributed by atoms with van der Waals surface area (Å²) in [7, 11) is -3.54. The van der Waals surface area contributed by atoms with Crippen molar-refractivity contribution in [1.29, 1.82) is 0 Å². The molecule has 3 rings (SSSR count). The molecule has 22 heavy (non-hydrogen) atoms. The van der Waals surface area contributed by atoms with E-state index in [9.17, 15) is 8.42 Å². The van der Waals surface area contributed by atoms with E-state index in [1.165, 1.54) is 4.31 Å². The van der Waals surface area contributed by atoms with E-state index in [4.69, 9.17) is 5.73 Å². The molecule has 0 fully saturated rings. The first kappa shape index (κ1) is 14.9. The molecule has 2 heterocycles. The molecule has 0 atom stereocenters. The van der Waals surface area contributed by atoms with Crippen LogP contribution >= 0.6 is 0 Å². The van der Waals surface area contributed by atoms with Crippen molar-refractivity contribution in [2.45, 2.75) is 37.8 Å². The summed E-state index contributed by atoms with van der Waals surface area (Å²) in [6.07, 6.45) is 1.59. The van der Waals surface area contributed by atoms with Crippen molar-refractivity contribution in [3.8, 4) is 0 Å². The van der Waals surface area contributed by atoms with E-state index in [0.29, 0.717) is 16.5 Å². The van der Waals surface area contributed by atoms with Gasteiger partial charge < -0.3 is 5.73 Å². The summed E-state index contributed by atoms with van der Waals surface area (Å²) in [4.78, 5) is 8.32. The lowest BCUT2D eigenvalue weighted by molar-refractivity contribution is 0.429. The van der Waals surface area contributed by atoms with E-state index in [-0.39, 0.29) is 19.0 Å². The second kappa shape index (κ2) is 5.33. The van der Waals surface area contributed by atoms with Crippen LogP contribution in [0.5, 0.6) is 0 Å². The Bertz CT molecular complexity index is 801. The van der Waals surface area contributed by atoms with Crippen molar-refractivity contribution >= 4 is 16.0 Å². The Morgan fingerprint density at radius 2 is 1.86 bits per heavy atom. The van der Waals surface area contributed by atoms with Gasteiger partial charge in [0.05, 0.1) is 17.1 Å². The molecule has 1 aromatic carbocycles. The van der Waals surface area contributed by atoms with Crippen LogP contribution in [-0.2, 0) is 23.1 Å². The molecule has 0 spiro atoms. The first-order valence-corrected chi connectivity index (χ1v) is 8.52. The van der Waals surface area contributed by atoms with Gasteiger partial charge in [-0.1, -0.05) is 26.0 Å². The third-order valence-corrected chi connectivity index (χ3v) is 5.64. The third-order valence-electron chi connectivity index (χ3n) is 3.83. The molecule has 1 aliphatic rings. The molecule has 0 amide bonds. The number of rotatable bonds is 3. The summed E-state index contributed by atoms with van der Waals surface area (Å²) in [5.74, 6) is 0.533. The zero-order chi connectivity index (χ0) is 15.9. The van der Waals surface area contributed by atoms with Gasteiger partial charge >= 0.3 is 0 Å². The van der Waals surface area contributed by atoms with Crippen LogP contribution in [-0.4, -0.2) is 22.7 Å². The van der Waals surface area contributed by atoms with Crippen LogP contribution in [0.3, 0.4) is 0 Å². The molecule has 0 unspecified atom stereocenters. The van der Waals surface area contributed by atoms with Crippen molar-refractivity contribution in [2.24, 2.45) is 0 Å². The molecule has 6 nitrogen and oxygen atoms in total. The Kier molecular flexibility index (Phi) is 3.62. The number of nitrogens with zero attached hydrogens (tertiary/aromatic N) is 3. The van der Waals surface area contributed by atoms with Gasteiger partial charge in [0.15, 0.2) is 0 Å². The van der Waals surface area contributed by atoms with Crippen LogP contribution in [0.4, 0.5) is 5.95 Å². The smallest absolute Gasteiger partial charge is 0.243 e. The highest BCUT2D eigenvalue weighted by atomic mass is 32.2. The van der Waals surface area contributed by atoms with Crippen LogP contribution < -0.4 is 5.73 Å². The van der Waals surface area contributed by atoms with Gasteiger partial charge in [-0.3, -0.25) is 0 Å². The van der Waals surface area contributed by atoms with Gasteiger partial charge in [-0.25, -0.2) is 18.4 Å². The second-order valence-electron chi connectivity index (χ2n) is 5.70. The van der Waals surface area contributed by atoms with Crippen molar-refractivity contribution in [3.63, 3.8) is 0 Å². The summed E-state index contributed by atoms with van der Waals surface area (Å²) < 4.78 is 26.8. The monoisotopic (exact) mass is 318 g/mol. The van der Waals surface area contributed by atoms with Crippen molar-refractivity contribution < 1.29 is 8.42 Å². The van der Waals surface area contributed by atoms with Gasteiger partial charge in [-0.15, -0.1) is 0 Å². The maximum absolute atomic E-state index is 12.7. The second-order valence-corrected chi connectivity index (χ2v) is 7.63. The van der Waals surface area contributed by atoms with E-state index in [2.05, 4.69) is 23.8 Å². The number of hydrogen-bond donors (Lipinski definition) is 1. The summed E-state index contributed by atoms with van der Waals surface area (Å²) in [6, 6.07) is 7.04. The Morgan fingerprint density at radius 1 is 1.18 bits per heavy atom. The average Bonchev–Trinajstić information content (AvgIpc) is 2.91. The summed E-state index contributed by atoms with van der Waals surface area (Å²) in [6.45, 7) is 4.66. The first-order valence-electron chi connectivity index (χ1n) is 7.08. The molecule has 1 aliphatic heterocycles. The predicted molar refractivity (Wildman–Crippen MR) is 83.4 cm³/mol. The van der Waals surface area contributed by atoms with Gasteiger partial charge in [-0.05, 0) is 23.6 Å². The Balaban J connectivity index is 1.88. The van der Waals surface area contributed by atoms with Crippen molar-refractivity contribution in [2.75, 3.05) is 5.73 Å². The molecule has 1 aromatic heterocycles. The molecule has 116 valence electrons. The molecule has 0 radical (unpaired) electrons. The number of benzene rings is 1. The highest BCUT2D eigenvalue weighted by molar-refractivity contribution is 7.89. The zero-order valence-corrected chi connectivity index (χ0v) is 13.3. The van der Waals surface area contributed by atoms with Gasteiger partial charge in [0.1, 0.15) is 0 Å². The largest absolute Gasteiger partial charge is 0.368 e. The Hall–Kier alpha value is -1.99. The van der Waals surface area contributed by atoms with E-state index in [0.717, 1.165) is 11.1 Å². The normalized spacial score (nSPS) is 15.2. The minimum absolute atomic E-state index is 0.166. The predicted octanol–water partition coefficient (Wildman–Crippen LogP) is 1.89. The zero-order valence-electron chi connectivity index (χ0n) is 12.5. The lowest BCUT2D eigenvalue weighted by Crippen LogP contribution is -2.25. The number of anilines is 1. The van der Waals surface area contributed by atoms with Crippen molar-refractivity contribution in [3.05, 3.63) is 47.3 Å². The molecule has 2 aromatic rings. The molecule has 0 saturated carbocycles. The minimum atomic E-state index is -3.54. The standard InChI is InChI=1S/C15H18N4O2S/c1-10(2)11-3-5-13(6-4-11)22(20,21)19-8-12-7-17-15(16)18-14(12)9-19/h3-7,10H,8-9H2,1-2H3,(H2,16,17,18).